The highest BCUT2D eigenvalue weighted by Crippen LogP contribution is 2.42. The van der Waals surface area contributed by atoms with E-state index in [-0.39, 0.29) is 18.9 Å². The zero-order chi connectivity index (χ0) is 19.0. The van der Waals surface area contributed by atoms with Crippen LogP contribution >= 0.6 is 0 Å². The number of nitrogens with one attached hydrogen (secondary N) is 1. The number of morpholine rings is 1. The third-order valence-electron chi connectivity index (χ3n) is 4.70. The first-order chi connectivity index (χ1) is 12.5. The van der Waals surface area contributed by atoms with Crippen molar-refractivity contribution in [2.75, 3.05) is 39.5 Å². The van der Waals surface area contributed by atoms with Crippen LogP contribution < -0.4 is 5.32 Å². The lowest BCUT2D eigenvalue weighted by molar-refractivity contribution is -0.162. The van der Waals surface area contributed by atoms with Crippen LogP contribution in [0.5, 0.6) is 0 Å². The van der Waals surface area contributed by atoms with Crippen molar-refractivity contribution in [2.45, 2.75) is 39.0 Å². The number of esters is 1. The molecule has 1 heterocycles. The fourth-order valence-electron chi connectivity index (χ4n) is 3.32. The predicted molar refractivity (Wildman–Crippen MR) is 89.0 cm³/mol. The highest BCUT2D eigenvalue weighted by Gasteiger charge is 2.45. The number of ether oxygens (including phenoxy) is 3. The summed E-state index contributed by atoms with van der Waals surface area (Å²) >= 11 is 0. The quantitative estimate of drug-likeness (QED) is 0.682. The van der Waals surface area contributed by atoms with Crippen LogP contribution in [0.25, 0.3) is 0 Å². The zero-order valence-electron chi connectivity index (χ0n) is 15.1. The monoisotopic (exact) mass is 370 g/mol. The first-order valence-corrected chi connectivity index (χ1v) is 8.96. The van der Waals surface area contributed by atoms with Crippen LogP contribution in [0.15, 0.2) is 0 Å². The summed E-state index contributed by atoms with van der Waals surface area (Å²) in [5.41, 5.74) is -0.889. The number of amides is 3. The molecule has 1 saturated carbocycles. The normalized spacial score (nSPS) is 18.9. The molecule has 0 bridgehead atoms. The molecule has 9 heteroatoms. The number of imide groups is 1. The topological polar surface area (TPSA) is 111 Å². The molecule has 26 heavy (non-hydrogen) atoms. The van der Waals surface area contributed by atoms with E-state index in [9.17, 15) is 19.2 Å². The van der Waals surface area contributed by atoms with Crippen LogP contribution in [0, 0.1) is 5.41 Å². The fourth-order valence-corrected chi connectivity index (χ4v) is 3.32. The standard InChI is InChI=1S/C17H26N2O7/c1-2-25-16(23)18-13(20)12-26-15(22)17(5-3-4-6-17)11-14(21)19-7-9-24-10-8-19/h2-12H2,1H3,(H,18,20,23). The van der Waals surface area contributed by atoms with Gasteiger partial charge in [0.25, 0.3) is 5.91 Å². The van der Waals surface area contributed by atoms with Gasteiger partial charge in [-0.05, 0) is 19.8 Å². The molecule has 0 unspecified atom stereocenters. The Kier molecular flexibility index (Phi) is 7.38. The van der Waals surface area contributed by atoms with Crippen molar-refractivity contribution >= 4 is 23.9 Å². The van der Waals surface area contributed by atoms with E-state index in [2.05, 4.69) is 4.74 Å². The van der Waals surface area contributed by atoms with Gasteiger partial charge >= 0.3 is 12.1 Å². The van der Waals surface area contributed by atoms with Crippen LogP contribution in [0.1, 0.15) is 39.0 Å². The molecular formula is C17H26N2O7. The lowest BCUT2D eigenvalue weighted by atomic mass is 9.82. The minimum Gasteiger partial charge on any atom is -0.455 e. The van der Waals surface area contributed by atoms with E-state index in [1.165, 1.54) is 0 Å². The minimum atomic E-state index is -0.889. The van der Waals surface area contributed by atoms with Gasteiger partial charge in [0, 0.05) is 19.5 Å². The van der Waals surface area contributed by atoms with E-state index >= 15 is 0 Å². The molecule has 9 nitrogen and oxygen atoms in total. The predicted octanol–water partition coefficient (Wildman–Crippen LogP) is 0.612. The average Bonchev–Trinajstić information content (AvgIpc) is 3.10. The van der Waals surface area contributed by atoms with Gasteiger partial charge in [0.2, 0.25) is 5.91 Å². The largest absolute Gasteiger partial charge is 0.455 e. The lowest BCUT2D eigenvalue weighted by Gasteiger charge is -2.31. The number of nitrogens with zero attached hydrogens (tertiary/aromatic N) is 1. The van der Waals surface area contributed by atoms with Gasteiger partial charge in [-0.15, -0.1) is 0 Å². The van der Waals surface area contributed by atoms with Gasteiger partial charge in [-0.1, -0.05) is 12.8 Å². The molecule has 2 rings (SSSR count). The average molecular weight is 370 g/mol. The smallest absolute Gasteiger partial charge is 0.413 e. The molecule has 1 aliphatic heterocycles. The Labute approximate surface area is 152 Å². The Balaban J connectivity index is 1.88. The number of hydrogen-bond acceptors (Lipinski definition) is 7. The number of alkyl carbamates (subject to hydrolysis) is 1. The molecule has 0 spiro atoms. The second-order valence-corrected chi connectivity index (χ2v) is 6.50. The summed E-state index contributed by atoms with van der Waals surface area (Å²) in [5, 5.41) is 1.97. The van der Waals surface area contributed by atoms with Crippen LogP contribution in [0.2, 0.25) is 0 Å². The van der Waals surface area contributed by atoms with Gasteiger partial charge in [0.15, 0.2) is 6.61 Å². The Hall–Kier alpha value is -2.16. The third kappa shape index (κ3) is 5.42. The van der Waals surface area contributed by atoms with Crippen molar-refractivity contribution in [1.29, 1.82) is 0 Å². The van der Waals surface area contributed by atoms with E-state index in [1.54, 1.807) is 11.8 Å². The summed E-state index contributed by atoms with van der Waals surface area (Å²) in [5.74, 6) is -1.41. The van der Waals surface area contributed by atoms with Crippen molar-refractivity contribution in [3.8, 4) is 0 Å². The molecule has 1 aliphatic carbocycles. The summed E-state index contributed by atoms with van der Waals surface area (Å²) in [6.07, 6.45) is 1.97. The van der Waals surface area contributed by atoms with Gasteiger partial charge in [-0.2, -0.15) is 0 Å². The first-order valence-electron chi connectivity index (χ1n) is 8.96. The second kappa shape index (κ2) is 9.51. The van der Waals surface area contributed by atoms with E-state index in [0.717, 1.165) is 12.8 Å². The molecule has 0 atom stereocenters. The highest BCUT2D eigenvalue weighted by atomic mass is 16.6. The number of carbonyl (C=O) groups is 4. The highest BCUT2D eigenvalue weighted by molar-refractivity contribution is 5.94. The van der Waals surface area contributed by atoms with Gasteiger partial charge in [0.05, 0.1) is 25.2 Å². The van der Waals surface area contributed by atoms with Crippen molar-refractivity contribution in [3.05, 3.63) is 0 Å². The maximum absolute atomic E-state index is 12.6. The molecule has 3 amide bonds. The van der Waals surface area contributed by atoms with Gasteiger partial charge in [-0.3, -0.25) is 19.7 Å². The van der Waals surface area contributed by atoms with Crippen LogP contribution in [-0.4, -0.2) is 68.3 Å². The van der Waals surface area contributed by atoms with E-state index in [4.69, 9.17) is 9.47 Å². The molecule has 2 fully saturated rings. The Morgan fingerprint density at radius 2 is 1.73 bits per heavy atom. The molecule has 1 N–H and O–H groups in total. The summed E-state index contributed by atoms with van der Waals surface area (Å²) in [6, 6.07) is 0. The number of rotatable bonds is 6. The second-order valence-electron chi connectivity index (χ2n) is 6.50. The van der Waals surface area contributed by atoms with Gasteiger partial charge in [0.1, 0.15) is 0 Å². The molecule has 0 aromatic carbocycles. The third-order valence-corrected chi connectivity index (χ3v) is 4.70. The van der Waals surface area contributed by atoms with E-state index in [0.29, 0.717) is 39.1 Å². The fraction of sp³-hybridized carbons (Fsp3) is 0.765. The summed E-state index contributed by atoms with van der Waals surface area (Å²) < 4.78 is 14.9. The summed E-state index contributed by atoms with van der Waals surface area (Å²) in [6.45, 7) is 3.20. The lowest BCUT2D eigenvalue weighted by Crippen LogP contribution is -2.44. The zero-order valence-corrected chi connectivity index (χ0v) is 15.1. The molecule has 0 aromatic rings. The van der Waals surface area contributed by atoms with Crippen molar-refractivity contribution in [1.82, 2.24) is 10.2 Å². The Morgan fingerprint density at radius 1 is 1.08 bits per heavy atom. The van der Waals surface area contributed by atoms with Crippen LogP contribution in [0.3, 0.4) is 0 Å². The molecule has 1 saturated heterocycles. The van der Waals surface area contributed by atoms with E-state index < -0.39 is 30.0 Å². The SMILES string of the molecule is CCOC(=O)NC(=O)COC(=O)C1(CC(=O)N2CCOCC2)CCCC1. The molecule has 146 valence electrons. The Morgan fingerprint density at radius 3 is 2.35 bits per heavy atom. The van der Waals surface area contributed by atoms with Gasteiger partial charge < -0.3 is 19.1 Å². The molecule has 0 aromatic heterocycles. The molecular weight excluding hydrogens is 344 g/mol. The first kappa shape index (κ1) is 20.2. The summed E-state index contributed by atoms with van der Waals surface area (Å²) in [7, 11) is 0. The maximum atomic E-state index is 12.6. The summed E-state index contributed by atoms with van der Waals surface area (Å²) in [4.78, 5) is 49.7. The maximum Gasteiger partial charge on any atom is 0.413 e. The van der Waals surface area contributed by atoms with Crippen molar-refractivity contribution in [2.24, 2.45) is 5.41 Å². The van der Waals surface area contributed by atoms with Crippen LogP contribution in [0.4, 0.5) is 4.79 Å². The number of carbonyl (C=O) groups excluding carboxylic acids is 4. The minimum absolute atomic E-state index is 0.0747. The van der Waals surface area contributed by atoms with E-state index in [1.807, 2.05) is 5.32 Å². The molecule has 2 aliphatic rings. The number of hydrogen-bond donors (Lipinski definition) is 1. The van der Waals surface area contributed by atoms with Gasteiger partial charge in [-0.25, -0.2) is 4.79 Å². The van der Waals surface area contributed by atoms with Crippen molar-refractivity contribution < 1.29 is 33.4 Å². The Bertz CT molecular complexity index is 537. The molecule has 0 radical (unpaired) electrons. The van der Waals surface area contributed by atoms with Crippen LogP contribution in [-0.2, 0) is 28.6 Å². The van der Waals surface area contributed by atoms with Crippen molar-refractivity contribution in [3.63, 3.8) is 0 Å².